The van der Waals surface area contributed by atoms with Gasteiger partial charge in [0.1, 0.15) is 6.54 Å². The molecule has 0 aliphatic carbocycles. The number of anilines is 3. The Morgan fingerprint density at radius 2 is 1.80 bits per heavy atom. The molecule has 1 spiro atoms. The van der Waals surface area contributed by atoms with Gasteiger partial charge in [-0.15, -0.1) is 11.8 Å². The summed E-state index contributed by atoms with van der Waals surface area (Å²) >= 11 is 1.10. The normalized spacial score (nSPS) is 19.0. The molecule has 2 heterocycles. The Kier molecular flexibility index (Phi) is 5.59. The fourth-order valence-corrected chi connectivity index (χ4v) is 5.98. The van der Waals surface area contributed by atoms with Crippen molar-refractivity contribution in [3.8, 4) is 0 Å². The average Bonchev–Trinajstić information content (AvgIpc) is 3.29. The molecule has 0 radical (unpaired) electrons. The molecule has 2 aliphatic rings. The minimum atomic E-state index is -1.52. The highest BCUT2D eigenvalue weighted by Crippen LogP contribution is 2.55. The first kappa shape index (κ1) is 23.0. The molecule has 0 unspecified atom stereocenters. The van der Waals surface area contributed by atoms with Crippen LogP contribution in [0.4, 0.5) is 25.8 Å². The number of carbonyl (C=O) groups is 3. The zero-order valence-electron chi connectivity index (χ0n) is 19.0. The topological polar surface area (TPSA) is 69.7 Å². The molecule has 3 aromatic carbocycles. The lowest BCUT2D eigenvalue weighted by Crippen LogP contribution is -2.51. The van der Waals surface area contributed by atoms with Gasteiger partial charge in [-0.05, 0) is 43.7 Å². The fourth-order valence-electron chi connectivity index (χ4n) is 4.62. The molecule has 1 atom stereocenters. The highest BCUT2D eigenvalue weighted by Gasteiger charge is 2.61. The number of halogens is 2. The van der Waals surface area contributed by atoms with Crippen molar-refractivity contribution in [3.05, 3.63) is 89.0 Å². The van der Waals surface area contributed by atoms with Crippen molar-refractivity contribution >= 4 is 46.5 Å². The van der Waals surface area contributed by atoms with Gasteiger partial charge in [0, 0.05) is 23.0 Å². The number of nitrogens with zero attached hydrogens (tertiary/aromatic N) is 2. The molecule has 3 amide bonds. The van der Waals surface area contributed by atoms with Crippen molar-refractivity contribution in [2.45, 2.75) is 18.7 Å². The highest BCUT2D eigenvalue weighted by molar-refractivity contribution is 8.02. The Balaban J connectivity index is 1.52. The van der Waals surface area contributed by atoms with E-state index in [-0.39, 0.29) is 18.0 Å². The van der Waals surface area contributed by atoms with Crippen molar-refractivity contribution in [2.24, 2.45) is 0 Å². The van der Waals surface area contributed by atoms with Gasteiger partial charge >= 0.3 is 0 Å². The second-order valence-electron chi connectivity index (χ2n) is 8.54. The van der Waals surface area contributed by atoms with Gasteiger partial charge in [0.05, 0.1) is 11.4 Å². The first-order chi connectivity index (χ1) is 16.7. The van der Waals surface area contributed by atoms with Crippen LogP contribution in [0.2, 0.25) is 0 Å². The van der Waals surface area contributed by atoms with Gasteiger partial charge in [-0.2, -0.15) is 0 Å². The van der Waals surface area contributed by atoms with E-state index >= 15 is 0 Å². The zero-order chi connectivity index (χ0) is 24.9. The van der Waals surface area contributed by atoms with Gasteiger partial charge in [0.15, 0.2) is 11.6 Å². The maximum absolute atomic E-state index is 14.1. The molecule has 2 aliphatic heterocycles. The molecule has 1 fully saturated rings. The Hall–Kier alpha value is -3.72. The summed E-state index contributed by atoms with van der Waals surface area (Å²) in [6.45, 7) is 3.57. The number of aryl methyl sites for hydroxylation is 2. The zero-order valence-corrected chi connectivity index (χ0v) is 19.8. The van der Waals surface area contributed by atoms with Gasteiger partial charge < -0.3 is 5.32 Å². The summed E-state index contributed by atoms with van der Waals surface area (Å²) < 4.78 is 27.7. The summed E-state index contributed by atoms with van der Waals surface area (Å²) in [5.41, 5.74) is 3.68. The Labute approximate surface area is 204 Å². The van der Waals surface area contributed by atoms with Crippen LogP contribution in [0.1, 0.15) is 16.7 Å². The molecule has 5 rings (SSSR count). The lowest BCUT2D eigenvalue weighted by molar-refractivity contribution is -0.124. The quantitative estimate of drug-likeness (QED) is 0.581. The second kappa shape index (κ2) is 8.49. The molecule has 0 aromatic heterocycles. The number of benzene rings is 3. The fraction of sp³-hybridized carbons (Fsp3) is 0.192. The number of para-hydroxylation sites is 1. The van der Waals surface area contributed by atoms with Crippen molar-refractivity contribution in [1.82, 2.24) is 0 Å². The average molecular weight is 494 g/mol. The third-order valence-corrected chi connectivity index (χ3v) is 7.57. The Morgan fingerprint density at radius 1 is 1.03 bits per heavy atom. The Bertz CT molecular complexity index is 1400. The standard InChI is InChI=1S/C26H21F2N3O3S/c1-15-7-10-21(16(2)11-15)29-23(32)13-30-22-6-4-3-5-18(22)26(25(30)34)31(24(33)14-35-26)17-8-9-19(27)20(28)12-17/h3-12H,13-14H2,1-2H3,(H,29,32)/t26-/m0/s1. The summed E-state index contributed by atoms with van der Waals surface area (Å²) in [7, 11) is 0. The lowest BCUT2D eigenvalue weighted by atomic mass is 10.0. The maximum Gasteiger partial charge on any atom is 0.269 e. The van der Waals surface area contributed by atoms with Crippen molar-refractivity contribution in [2.75, 3.05) is 27.4 Å². The maximum atomic E-state index is 14.1. The van der Waals surface area contributed by atoms with Gasteiger partial charge in [0.25, 0.3) is 5.91 Å². The number of thioether (sulfide) groups is 1. The number of amides is 3. The molecular weight excluding hydrogens is 472 g/mol. The van der Waals surface area contributed by atoms with Gasteiger partial charge in [-0.25, -0.2) is 8.78 Å². The van der Waals surface area contributed by atoms with Gasteiger partial charge in [0.2, 0.25) is 16.7 Å². The van der Waals surface area contributed by atoms with E-state index in [0.717, 1.165) is 35.0 Å². The predicted molar refractivity (Wildman–Crippen MR) is 131 cm³/mol. The van der Waals surface area contributed by atoms with E-state index in [0.29, 0.717) is 16.9 Å². The number of hydrogen-bond donors (Lipinski definition) is 1. The van der Waals surface area contributed by atoms with Crippen LogP contribution in [-0.2, 0) is 19.3 Å². The monoisotopic (exact) mass is 493 g/mol. The smallest absolute Gasteiger partial charge is 0.269 e. The van der Waals surface area contributed by atoms with E-state index in [2.05, 4.69) is 5.32 Å². The summed E-state index contributed by atoms with van der Waals surface area (Å²) in [5, 5.41) is 2.85. The first-order valence-electron chi connectivity index (χ1n) is 10.9. The summed E-state index contributed by atoms with van der Waals surface area (Å²) in [6.07, 6.45) is 0. The van der Waals surface area contributed by atoms with E-state index in [9.17, 15) is 23.2 Å². The van der Waals surface area contributed by atoms with Gasteiger partial charge in [-0.3, -0.25) is 24.2 Å². The molecule has 9 heteroatoms. The third kappa shape index (κ3) is 3.67. The van der Waals surface area contributed by atoms with E-state index in [1.54, 1.807) is 30.3 Å². The number of nitrogens with one attached hydrogen (secondary N) is 1. The molecule has 1 N–H and O–H groups in total. The minimum absolute atomic E-state index is 0.0261. The molecule has 0 bridgehead atoms. The SMILES string of the molecule is Cc1ccc(NC(=O)CN2C(=O)[C@@]3(SCC(=O)N3c3ccc(F)c(F)c3)c3ccccc32)c(C)c1. The van der Waals surface area contributed by atoms with Crippen molar-refractivity contribution in [3.63, 3.8) is 0 Å². The minimum Gasteiger partial charge on any atom is -0.324 e. The summed E-state index contributed by atoms with van der Waals surface area (Å²) in [5.74, 6) is -3.50. The highest BCUT2D eigenvalue weighted by atomic mass is 32.2. The molecular formula is C26H21F2N3O3S. The van der Waals surface area contributed by atoms with Crippen LogP contribution >= 0.6 is 11.8 Å². The number of carbonyl (C=O) groups excluding carboxylic acids is 3. The Morgan fingerprint density at radius 3 is 2.54 bits per heavy atom. The lowest BCUT2D eigenvalue weighted by Gasteiger charge is -2.33. The van der Waals surface area contributed by atoms with Crippen LogP contribution in [0, 0.1) is 25.5 Å². The molecule has 0 saturated carbocycles. The predicted octanol–water partition coefficient (Wildman–Crippen LogP) is 4.50. The summed E-state index contributed by atoms with van der Waals surface area (Å²) in [6, 6.07) is 15.6. The number of fused-ring (bicyclic) bond motifs is 2. The molecule has 178 valence electrons. The first-order valence-corrected chi connectivity index (χ1v) is 11.9. The number of rotatable bonds is 4. The van der Waals surface area contributed by atoms with Crippen LogP contribution in [0.25, 0.3) is 0 Å². The van der Waals surface area contributed by atoms with Gasteiger partial charge in [-0.1, -0.05) is 35.9 Å². The summed E-state index contributed by atoms with van der Waals surface area (Å²) in [4.78, 5) is 40.9. The van der Waals surface area contributed by atoms with E-state index in [4.69, 9.17) is 0 Å². The van der Waals surface area contributed by atoms with Crippen LogP contribution in [0.3, 0.4) is 0 Å². The molecule has 3 aromatic rings. The molecule has 1 saturated heterocycles. The van der Waals surface area contributed by atoms with Crippen LogP contribution < -0.4 is 15.1 Å². The molecule has 6 nitrogen and oxygen atoms in total. The molecule has 35 heavy (non-hydrogen) atoms. The number of hydrogen-bond acceptors (Lipinski definition) is 4. The van der Waals surface area contributed by atoms with Crippen LogP contribution in [0.15, 0.2) is 60.7 Å². The second-order valence-corrected chi connectivity index (χ2v) is 9.70. The van der Waals surface area contributed by atoms with E-state index in [1.165, 1.54) is 15.9 Å². The van der Waals surface area contributed by atoms with Crippen molar-refractivity contribution in [1.29, 1.82) is 0 Å². The van der Waals surface area contributed by atoms with Crippen molar-refractivity contribution < 1.29 is 23.2 Å². The van der Waals surface area contributed by atoms with E-state index in [1.807, 2.05) is 26.0 Å². The third-order valence-electron chi connectivity index (χ3n) is 6.18. The van der Waals surface area contributed by atoms with Crippen LogP contribution in [-0.4, -0.2) is 30.0 Å². The van der Waals surface area contributed by atoms with E-state index < -0.39 is 34.2 Å². The van der Waals surface area contributed by atoms with Crippen LogP contribution in [0.5, 0.6) is 0 Å². The largest absolute Gasteiger partial charge is 0.324 e.